The van der Waals surface area contributed by atoms with Crippen molar-refractivity contribution in [3.05, 3.63) is 23.9 Å². The van der Waals surface area contributed by atoms with Crippen molar-refractivity contribution in [1.29, 1.82) is 0 Å². The van der Waals surface area contributed by atoms with E-state index in [9.17, 15) is 0 Å². The van der Waals surface area contributed by atoms with E-state index in [1.54, 1.807) is 13.3 Å². The molecule has 4 N–H and O–H groups in total. The summed E-state index contributed by atoms with van der Waals surface area (Å²) in [6.07, 6.45) is 5.04. The van der Waals surface area contributed by atoms with Crippen molar-refractivity contribution in [1.82, 2.24) is 4.98 Å². The van der Waals surface area contributed by atoms with Crippen molar-refractivity contribution >= 4 is 5.82 Å². The number of aromatic nitrogens is 1. The van der Waals surface area contributed by atoms with Crippen molar-refractivity contribution in [2.75, 3.05) is 12.8 Å². The zero-order valence-electron chi connectivity index (χ0n) is 9.60. The van der Waals surface area contributed by atoms with Crippen molar-refractivity contribution in [2.45, 2.75) is 31.4 Å². The molecule has 1 aliphatic rings. The maximum absolute atomic E-state index is 6.16. The third-order valence-corrected chi connectivity index (χ3v) is 3.16. The van der Waals surface area contributed by atoms with Gasteiger partial charge < -0.3 is 16.2 Å². The Bertz CT molecular complexity index is 352. The Morgan fingerprint density at radius 1 is 1.56 bits per heavy atom. The Labute approximate surface area is 96.0 Å². The maximum atomic E-state index is 6.16. The van der Waals surface area contributed by atoms with Gasteiger partial charge in [0.1, 0.15) is 5.82 Å². The minimum Gasteiger partial charge on any atom is -0.383 e. The number of hydrogen-bond donors (Lipinski definition) is 2. The van der Waals surface area contributed by atoms with Gasteiger partial charge in [-0.2, -0.15) is 0 Å². The van der Waals surface area contributed by atoms with Crippen LogP contribution in [0.2, 0.25) is 0 Å². The van der Waals surface area contributed by atoms with Gasteiger partial charge in [-0.25, -0.2) is 4.98 Å². The number of hydrogen-bond acceptors (Lipinski definition) is 4. The molecule has 0 saturated heterocycles. The minimum atomic E-state index is 0.00370. The van der Waals surface area contributed by atoms with E-state index < -0.39 is 0 Å². The van der Waals surface area contributed by atoms with E-state index in [0.29, 0.717) is 11.7 Å². The van der Waals surface area contributed by atoms with Gasteiger partial charge >= 0.3 is 0 Å². The van der Waals surface area contributed by atoms with Crippen LogP contribution in [-0.2, 0) is 11.2 Å². The molecule has 1 aliphatic carbocycles. The SMILES string of the molecule is COC(C(N)Cc1cccnc1N)C1CC1. The lowest BCUT2D eigenvalue weighted by atomic mass is 9.99. The molecule has 2 rings (SSSR count). The van der Waals surface area contributed by atoms with Crippen LogP contribution in [0.1, 0.15) is 18.4 Å². The number of nitrogens with two attached hydrogens (primary N) is 2. The summed E-state index contributed by atoms with van der Waals surface area (Å²) in [5.41, 5.74) is 13.0. The Hall–Kier alpha value is -1.13. The molecule has 0 amide bonds. The molecule has 88 valence electrons. The zero-order valence-corrected chi connectivity index (χ0v) is 9.60. The molecule has 2 atom stereocenters. The normalized spacial score (nSPS) is 19.4. The molecule has 16 heavy (non-hydrogen) atoms. The standard InChI is InChI=1S/C12H19N3O/c1-16-11(8-4-5-8)10(13)7-9-3-2-6-15-12(9)14/h2-3,6,8,10-11H,4-5,7,13H2,1H3,(H2,14,15). The van der Waals surface area contributed by atoms with Gasteiger partial charge in [0.05, 0.1) is 6.10 Å². The van der Waals surface area contributed by atoms with Crippen LogP contribution in [0.15, 0.2) is 18.3 Å². The van der Waals surface area contributed by atoms with E-state index in [4.69, 9.17) is 16.2 Å². The fourth-order valence-electron chi connectivity index (χ4n) is 2.14. The molecule has 1 saturated carbocycles. The first kappa shape index (κ1) is 11.4. The molecule has 1 heterocycles. The number of pyridine rings is 1. The molecule has 1 aromatic heterocycles. The summed E-state index contributed by atoms with van der Waals surface area (Å²) < 4.78 is 5.46. The number of nitrogens with zero attached hydrogens (tertiary/aromatic N) is 1. The van der Waals surface area contributed by atoms with Crippen LogP contribution in [0.5, 0.6) is 0 Å². The fourth-order valence-corrected chi connectivity index (χ4v) is 2.14. The first-order valence-electron chi connectivity index (χ1n) is 5.70. The first-order chi connectivity index (χ1) is 7.72. The summed E-state index contributed by atoms with van der Waals surface area (Å²) in [7, 11) is 1.73. The minimum absolute atomic E-state index is 0.00370. The molecular formula is C12H19N3O. The third-order valence-electron chi connectivity index (χ3n) is 3.16. The highest BCUT2D eigenvalue weighted by molar-refractivity contribution is 5.39. The van der Waals surface area contributed by atoms with Crippen LogP contribution in [-0.4, -0.2) is 24.2 Å². The summed E-state index contributed by atoms with van der Waals surface area (Å²) in [6.45, 7) is 0. The second-order valence-corrected chi connectivity index (χ2v) is 4.45. The van der Waals surface area contributed by atoms with Gasteiger partial charge in [-0.1, -0.05) is 6.07 Å². The van der Waals surface area contributed by atoms with E-state index >= 15 is 0 Å². The number of nitrogen functional groups attached to an aromatic ring is 1. The van der Waals surface area contributed by atoms with Gasteiger partial charge in [-0.3, -0.25) is 0 Å². The second kappa shape index (κ2) is 4.80. The predicted molar refractivity (Wildman–Crippen MR) is 63.8 cm³/mol. The van der Waals surface area contributed by atoms with Crippen molar-refractivity contribution in [3.63, 3.8) is 0 Å². The summed E-state index contributed by atoms with van der Waals surface area (Å²) >= 11 is 0. The molecule has 0 radical (unpaired) electrons. The molecule has 4 nitrogen and oxygen atoms in total. The van der Waals surface area contributed by atoms with Crippen LogP contribution < -0.4 is 11.5 Å². The predicted octanol–water partition coefficient (Wildman–Crippen LogP) is 0.959. The monoisotopic (exact) mass is 221 g/mol. The van der Waals surface area contributed by atoms with Crippen molar-refractivity contribution < 1.29 is 4.74 Å². The highest BCUT2D eigenvalue weighted by atomic mass is 16.5. The van der Waals surface area contributed by atoms with E-state index in [1.807, 2.05) is 12.1 Å². The van der Waals surface area contributed by atoms with Crippen LogP contribution in [0.3, 0.4) is 0 Å². The third kappa shape index (κ3) is 2.51. The molecule has 1 aromatic rings. The van der Waals surface area contributed by atoms with Gasteiger partial charge in [0, 0.05) is 19.3 Å². The van der Waals surface area contributed by atoms with Crippen molar-refractivity contribution in [3.8, 4) is 0 Å². The molecular weight excluding hydrogens is 202 g/mol. The van der Waals surface area contributed by atoms with Crippen LogP contribution in [0, 0.1) is 5.92 Å². The summed E-state index contributed by atoms with van der Waals surface area (Å²) in [5.74, 6) is 1.21. The van der Waals surface area contributed by atoms with E-state index in [-0.39, 0.29) is 12.1 Å². The maximum Gasteiger partial charge on any atom is 0.126 e. The summed E-state index contributed by atoms with van der Waals surface area (Å²) in [5, 5.41) is 0. The van der Waals surface area contributed by atoms with Gasteiger partial charge in [0.25, 0.3) is 0 Å². The average Bonchev–Trinajstić information content (AvgIpc) is 3.07. The molecule has 0 aromatic carbocycles. The van der Waals surface area contributed by atoms with Crippen LogP contribution in [0.4, 0.5) is 5.82 Å². The van der Waals surface area contributed by atoms with Gasteiger partial charge in [0.15, 0.2) is 0 Å². The first-order valence-corrected chi connectivity index (χ1v) is 5.70. The lowest BCUT2D eigenvalue weighted by Gasteiger charge is -2.22. The number of rotatable bonds is 5. The number of methoxy groups -OCH3 is 1. The highest BCUT2D eigenvalue weighted by Gasteiger charge is 2.35. The van der Waals surface area contributed by atoms with Gasteiger partial charge in [-0.15, -0.1) is 0 Å². The Balaban J connectivity index is 2.00. The molecule has 1 fully saturated rings. The van der Waals surface area contributed by atoms with Crippen molar-refractivity contribution in [2.24, 2.45) is 11.7 Å². The molecule has 0 spiro atoms. The Morgan fingerprint density at radius 3 is 2.88 bits per heavy atom. The smallest absolute Gasteiger partial charge is 0.126 e. The molecule has 4 heteroatoms. The molecule has 2 unspecified atom stereocenters. The summed E-state index contributed by atoms with van der Waals surface area (Å²) in [6, 6.07) is 3.86. The van der Waals surface area contributed by atoms with E-state index in [2.05, 4.69) is 4.98 Å². The highest BCUT2D eigenvalue weighted by Crippen LogP contribution is 2.35. The fraction of sp³-hybridized carbons (Fsp3) is 0.583. The molecule has 0 bridgehead atoms. The van der Waals surface area contributed by atoms with Gasteiger partial charge in [0.2, 0.25) is 0 Å². The zero-order chi connectivity index (χ0) is 11.5. The lowest BCUT2D eigenvalue weighted by Crippen LogP contribution is -2.39. The largest absolute Gasteiger partial charge is 0.383 e. The number of anilines is 1. The van der Waals surface area contributed by atoms with Crippen LogP contribution >= 0.6 is 0 Å². The number of ether oxygens (including phenoxy) is 1. The second-order valence-electron chi connectivity index (χ2n) is 4.45. The van der Waals surface area contributed by atoms with Gasteiger partial charge in [-0.05, 0) is 36.8 Å². The molecule has 0 aliphatic heterocycles. The Morgan fingerprint density at radius 2 is 2.31 bits per heavy atom. The lowest BCUT2D eigenvalue weighted by molar-refractivity contribution is 0.0627. The quantitative estimate of drug-likeness (QED) is 0.776. The Kier molecular flexibility index (Phi) is 3.41. The van der Waals surface area contributed by atoms with Crippen LogP contribution in [0.25, 0.3) is 0 Å². The topological polar surface area (TPSA) is 74.2 Å². The van der Waals surface area contributed by atoms with E-state index in [0.717, 1.165) is 12.0 Å². The van der Waals surface area contributed by atoms with E-state index in [1.165, 1.54) is 12.8 Å². The summed E-state index contributed by atoms with van der Waals surface area (Å²) in [4.78, 5) is 4.06. The average molecular weight is 221 g/mol.